The molecule has 10 nitrogen and oxygen atoms in total. The van der Waals surface area contributed by atoms with Gasteiger partial charge in [0, 0.05) is 30.4 Å². The largest absolute Gasteiger partial charge is 0.482 e. The van der Waals surface area contributed by atoms with Gasteiger partial charge in [0.15, 0.2) is 5.69 Å². The normalized spacial score (nSPS) is 11.7. The molecule has 13 heteroatoms. The van der Waals surface area contributed by atoms with Gasteiger partial charge in [-0.2, -0.15) is 0 Å². The first-order valence-electron chi connectivity index (χ1n) is 13.3. The lowest BCUT2D eigenvalue weighted by atomic mass is 10.1. The lowest BCUT2D eigenvalue weighted by Crippen LogP contribution is -2.51. The number of hydrogen-bond donors (Lipinski definition) is 1. The molecule has 0 aliphatic rings. The Hall–Kier alpha value is -5.07. The van der Waals surface area contributed by atoms with Crippen molar-refractivity contribution in [1.29, 1.82) is 0 Å². The Morgan fingerprint density at radius 2 is 1.70 bits per heavy atom. The number of nitrogens with zero attached hydrogens (tertiary/aromatic N) is 2. The second-order valence-corrected chi connectivity index (χ2v) is 10.5. The Morgan fingerprint density at radius 1 is 1.09 bits per heavy atom. The Labute approximate surface area is 251 Å². The number of esters is 1. The van der Waals surface area contributed by atoms with Crippen molar-refractivity contribution in [2.24, 2.45) is 0 Å². The summed E-state index contributed by atoms with van der Waals surface area (Å²) in [6.07, 6.45) is 1.23. The molecule has 2 aromatic carbocycles. The number of ether oxygens (including phenoxy) is 3. The van der Waals surface area contributed by atoms with E-state index in [0.29, 0.717) is 17.7 Å². The van der Waals surface area contributed by atoms with E-state index in [9.17, 15) is 32.3 Å². The van der Waals surface area contributed by atoms with Crippen LogP contribution in [0.4, 0.5) is 18.0 Å². The van der Waals surface area contributed by atoms with E-state index in [2.05, 4.69) is 11.9 Å². The molecule has 2 amide bonds. The average Bonchev–Trinajstić information content (AvgIpc) is 2.95. The second kappa shape index (κ2) is 13.9. The van der Waals surface area contributed by atoms with Crippen LogP contribution in [0.3, 0.4) is 0 Å². The highest BCUT2D eigenvalue weighted by atomic mass is 19.1. The van der Waals surface area contributed by atoms with E-state index in [0.717, 1.165) is 23.0 Å². The molecule has 234 valence electrons. The lowest BCUT2D eigenvalue weighted by Gasteiger charge is -2.33. The minimum absolute atomic E-state index is 0.236. The van der Waals surface area contributed by atoms with Crippen molar-refractivity contribution < 1.29 is 41.8 Å². The zero-order valence-corrected chi connectivity index (χ0v) is 24.8. The van der Waals surface area contributed by atoms with Crippen LogP contribution >= 0.6 is 0 Å². The molecule has 3 rings (SSSR count). The van der Waals surface area contributed by atoms with Crippen LogP contribution in [-0.4, -0.2) is 41.4 Å². The number of rotatable bonds is 10. The predicted molar refractivity (Wildman–Crippen MR) is 154 cm³/mol. The van der Waals surface area contributed by atoms with Gasteiger partial charge >= 0.3 is 12.1 Å². The zero-order valence-electron chi connectivity index (χ0n) is 24.8. The van der Waals surface area contributed by atoms with Gasteiger partial charge in [-0.3, -0.25) is 9.59 Å². The maximum Gasteiger partial charge on any atom is 0.430 e. The number of pyridine rings is 1. The highest BCUT2D eigenvalue weighted by Crippen LogP contribution is 2.22. The van der Waals surface area contributed by atoms with Gasteiger partial charge in [0.05, 0.1) is 13.2 Å². The summed E-state index contributed by atoms with van der Waals surface area (Å²) in [7, 11) is 1.04. The van der Waals surface area contributed by atoms with Crippen LogP contribution in [0, 0.1) is 17.5 Å². The molecule has 44 heavy (non-hydrogen) atoms. The van der Waals surface area contributed by atoms with Gasteiger partial charge in [0.2, 0.25) is 11.2 Å². The lowest BCUT2D eigenvalue weighted by molar-refractivity contribution is 0.0511. The van der Waals surface area contributed by atoms with Gasteiger partial charge in [-0.1, -0.05) is 36.4 Å². The third-order valence-electron chi connectivity index (χ3n) is 6.07. The summed E-state index contributed by atoms with van der Waals surface area (Å²) in [6, 6.07) is 8.54. The number of aromatic nitrogens is 1. The van der Waals surface area contributed by atoms with E-state index < -0.39 is 81.6 Å². The van der Waals surface area contributed by atoms with Gasteiger partial charge in [-0.05, 0) is 33.3 Å². The predicted octanol–water partition coefficient (Wildman–Crippen LogP) is 5.01. The summed E-state index contributed by atoms with van der Waals surface area (Å²) >= 11 is 0. The molecule has 0 bridgehead atoms. The standard InChI is InChI=1S/C31H32F3N3O7/c1-7-18(2)37(30(41)44-31(3,4)5)36-16-22(28(39)35-15-21-23(33)13-20(32)14-24(21)34)26(38)27(25(36)29(40)42-6)43-17-19-11-9-8-10-12-19/h7-14,16,18H,1,15,17H2,2-6H3,(H,35,39). The number of methoxy groups -OCH3 is 1. The first-order valence-corrected chi connectivity index (χ1v) is 13.3. The van der Waals surface area contributed by atoms with Crippen LogP contribution in [0.25, 0.3) is 0 Å². The van der Waals surface area contributed by atoms with Crippen LogP contribution < -0.4 is 20.5 Å². The first kappa shape index (κ1) is 33.4. The molecule has 0 aliphatic carbocycles. The van der Waals surface area contributed by atoms with Crippen molar-refractivity contribution in [2.75, 3.05) is 12.1 Å². The van der Waals surface area contributed by atoms with Crippen LogP contribution in [0.2, 0.25) is 0 Å². The molecule has 1 heterocycles. The number of amides is 2. The molecule has 0 radical (unpaired) electrons. The number of hydrogen-bond acceptors (Lipinski definition) is 7. The SMILES string of the molecule is C=CC(C)N(C(=O)OC(C)(C)C)n1cc(C(=O)NCc2c(F)cc(F)cc2F)c(=O)c(OCc2ccccc2)c1C(=O)OC. The Balaban J connectivity index is 2.24. The molecule has 1 N–H and O–H groups in total. The molecular weight excluding hydrogens is 583 g/mol. The molecule has 1 unspecified atom stereocenters. The molecular formula is C31H32F3N3O7. The molecule has 1 atom stereocenters. The Morgan fingerprint density at radius 3 is 2.25 bits per heavy atom. The van der Waals surface area contributed by atoms with Crippen molar-refractivity contribution in [3.8, 4) is 5.75 Å². The summed E-state index contributed by atoms with van der Waals surface area (Å²) in [4.78, 5) is 53.7. The molecule has 0 aliphatic heterocycles. The fourth-order valence-electron chi connectivity index (χ4n) is 3.92. The van der Waals surface area contributed by atoms with Gasteiger partial charge in [0.25, 0.3) is 5.91 Å². The van der Waals surface area contributed by atoms with E-state index in [1.54, 1.807) is 51.1 Å². The third-order valence-corrected chi connectivity index (χ3v) is 6.07. The summed E-state index contributed by atoms with van der Waals surface area (Å²) in [5, 5.41) is 3.13. The number of carbonyl (C=O) groups is 3. The minimum Gasteiger partial charge on any atom is -0.482 e. The summed E-state index contributed by atoms with van der Waals surface area (Å²) in [6.45, 7) is 9.03. The van der Waals surface area contributed by atoms with Crippen molar-refractivity contribution >= 4 is 18.0 Å². The van der Waals surface area contributed by atoms with E-state index in [-0.39, 0.29) is 6.61 Å². The Bertz CT molecular complexity index is 1600. The van der Waals surface area contributed by atoms with E-state index in [4.69, 9.17) is 14.2 Å². The van der Waals surface area contributed by atoms with Crippen molar-refractivity contribution in [2.45, 2.75) is 52.5 Å². The fraction of sp³-hybridized carbons (Fsp3) is 0.290. The van der Waals surface area contributed by atoms with Crippen LogP contribution in [0.15, 0.2) is 66.1 Å². The number of carbonyl (C=O) groups excluding carboxylic acids is 3. The molecule has 0 saturated carbocycles. The first-order chi connectivity index (χ1) is 20.7. The van der Waals surface area contributed by atoms with Crippen molar-refractivity contribution in [1.82, 2.24) is 9.99 Å². The van der Waals surface area contributed by atoms with E-state index in [1.165, 1.54) is 13.0 Å². The van der Waals surface area contributed by atoms with E-state index in [1.807, 2.05) is 0 Å². The number of halogens is 3. The van der Waals surface area contributed by atoms with Crippen molar-refractivity contribution in [3.63, 3.8) is 0 Å². The maximum absolute atomic E-state index is 14.2. The average molecular weight is 616 g/mol. The highest BCUT2D eigenvalue weighted by Gasteiger charge is 2.34. The summed E-state index contributed by atoms with van der Waals surface area (Å²) < 4.78 is 58.9. The van der Waals surface area contributed by atoms with Gasteiger partial charge in [-0.25, -0.2) is 32.4 Å². The molecule has 0 saturated heterocycles. The van der Waals surface area contributed by atoms with Gasteiger partial charge < -0.3 is 19.5 Å². The number of nitrogens with one attached hydrogen (secondary N) is 1. The monoisotopic (exact) mass is 615 g/mol. The Kier molecular flexibility index (Phi) is 10.6. The quantitative estimate of drug-likeness (QED) is 0.252. The third kappa shape index (κ3) is 7.85. The smallest absolute Gasteiger partial charge is 0.430 e. The van der Waals surface area contributed by atoms with Gasteiger partial charge in [-0.15, -0.1) is 6.58 Å². The molecule has 0 fully saturated rings. The van der Waals surface area contributed by atoms with Crippen LogP contribution in [0.1, 0.15) is 59.7 Å². The van der Waals surface area contributed by atoms with E-state index >= 15 is 0 Å². The summed E-state index contributed by atoms with van der Waals surface area (Å²) in [5.41, 5.74) is -3.40. The fourth-order valence-corrected chi connectivity index (χ4v) is 3.92. The maximum atomic E-state index is 14.2. The van der Waals surface area contributed by atoms with Crippen molar-refractivity contribution in [3.05, 3.63) is 111 Å². The second-order valence-electron chi connectivity index (χ2n) is 10.5. The molecule has 3 aromatic rings. The minimum atomic E-state index is -1.26. The number of benzene rings is 2. The zero-order chi connectivity index (χ0) is 32.8. The van der Waals surface area contributed by atoms with Crippen LogP contribution in [-0.2, 0) is 22.6 Å². The summed E-state index contributed by atoms with van der Waals surface area (Å²) in [5.74, 6) is -6.58. The highest BCUT2D eigenvalue weighted by molar-refractivity contribution is 5.97. The van der Waals surface area contributed by atoms with Gasteiger partial charge in [0.1, 0.15) is 35.2 Å². The topological polar surface area (TPSA) is 116 Å². The van der Waals surface area contributed by atoms with Crippen LogP contribution in [0.5, 0.6) is 5.75 Å². The molecule has 0 spiro atoms. The molecule has 1 aromatic heterocycles.